The van der Waals surface area contributed by atoms with Gasteiger partial charge < -0.3 is 9.64 Å². The number of thiazole rings is 1. The molecule has 24 heavy (non-hydrogen) atoms. The van der Waals surface area contributed by atoms with Crippen LogP contribution in [0.1, 0.15) is 17.4 Å². The fraction of sp³-hybridized carbons (Fsp3) is 0.444. The number of aryl methyl sites for hydroxylation is 1. The Balaban J connectivity index is 1.50. The lowest BCUT2D eigenvalue weighted by Crippen LogP contribution is -2.51. The average Bonchev–Trinajstić information content (AvgIpc) is 3.10. The van der Waals surface area contributed by atoms with Crippen LogP contribution in [0.15, 0.2) is 36.0 Å². The van der Waals surface area contributed by atoms with E-state index in [4.69, 9.17) is 4.74 Å². The molecule has 1 aromatic carbocycles. The van der Waals surface area contributed by atoms with Gasteiger partial charge in [0.25, 0.3) is 5.91 Å². The van der Waals surface area contributed by atoms with Crippen LogP contribution in [0.3, 0.4) is 0 Å². The molecule has 2 heterocycles. The average molecular weight is 345 g/mol. The van der Waals surface area contributed by atoms with Gasteiger partial charge in [0, 0.05) is 43.8 Å². The summed E-state index contributed by atoms with van der Waals surface area (Å²) in [4.78, 5) is 22.3. The number of hydrogen-bond acceptors (Lipinski definition) is 5. The number of benzene rings is 1. The lowest BCUT2D eigenvalue weighted by atomic mass is 10.2. The summed E-state index contributed by atoms with van der Waals surface area (Å²) in [6.45, 7) is 8.02. The summed E-state index contributed by atoms with van der Waals surface area (Å²) in [6, 6.07) is 7.80. The van der Waals surface area contributed by atoms with Gasteiger partial charge in [0.05, 0.1) is 5.51 Å². The van der Waals surface area contributed by atoms with Gasteiger partial charge in [-0.05, 0) is 25.5 Å². The van der Waals surface area contributed by atoms with Crippen LogP contribution in [0.25, 0.3) is 0 Å². The Labute approximate surface area is 146 Å². The first-order chi connectivity index (χ1) is 11.6. The molecule has 3 rings (SSSR count). The van der Waals surface area contributed by atoms with Crippen LogP contribution in [-0.2, 0) is 11.3 Å². The van der Waals surface area contributed by atoms with E-state index >= 15 is 0 Å². The maximum atomic E-state index is 12.6. The largest absolute Gasteiger partial charge is 0.481 e. The number of piperazine rings is 1. The molecule has 128 valence electrons. The molecule has 0 bridgehead atoms. The van der Waals surface area contributed by atoms with Crippen molar-refractivity contribution in [1.29, 1.82) is 0 Å². The van der Waals surface area contributed by atoms with Gasteiger partial charge in [0.2, 0.25) is 0 Å². The number of nitrogens with zero attached hydrogens (tertiary/aromatic N) is 3. The number of carbonyl (C=O) groups excluding carboxylic acids is 1. The Morgan fingerprint density at radius 3 is 2.71 bits per heavy atom. The van der Waals surface area contributed by atoms with Crippen molar-refractivity contribution in [3.05, 3.63) is 46.4 Å². The quantitative estimate of drug-likeness (QED) is 0.835. The van der Waals surface area contributed by atoms with Crippen molar-refractivity contribution in [3.63, 3.8) is 0 Å². The summed E-state index contributed by atoms with van der Waals surface area (Å²) in [7, 11) is 0. The first-order valence-electron chi connectivity index (χ1n) is 8.24. The predicted octanol–water partition coefficient (Wildman–Crippen LogP) is 2.56. The minimum absolute atomic E-state index is 0.0655. The zero-order valence-electron chi connectivity index (χ0n) is 14.1. The lowest BCUT2D eigenvalue weighted by Gasteiger charge is -2.35. The van der Waals surface area contributed by atoms with Crippen LogP contribution in [0.2, 0.25) is 0 Å². The molecular weight excluding hydrogens is 322 g/mol. The van der Waals surface area contributed by atoms with Crippen LogP contribution < -0.4 is 4.74 Å². The van der Waals surface area contributed by atoms with Gasteiger partial charge in [-0.3, -0.25) is 14.7 Å². The Bertz CT molecular complexity index is 667. The van der Waals surface area contributed by atoms with Crippen LogP contribution in [0, 0.1) is 6.92 Å². The highest BCUT2D eigenvalue weighted by molar-refractivity contribution is 7.09. The molecule has 1 aliphatic heterocycles. The van der Waals surface area contributed by atoms with Crippen molar-refractivity contribution in [2.45, 2.75) is 26.5 Å². The first kappa shape index (κ1) is 16.9. The zero-order chi connectivity index (χ0) is 16.9. The minimum Gasteiger partial charge on any atom is -0.481 e. The first-order valence-corrected chi connectivity index (χ1v) is 9.12. The third-order valence-electron chi connectivity index (χ3n) is 4.29. The number of amides is 1. The zero-order valence-corrected chi connectivity index (χ0v) is 15.0. The molecule has 0 spiro atoms. The molecular formula is C18H23N3O2S. The minimum atomic E-state index is -0.459. The summed E-state index contributed by atoms with van der Waals surface area (Å²) >= 11 is 1.68. The molecule has 5 nitrogen and oxygen atoms in total. The van der Waals surface area contributed by atoms with Crippen molar-refractivity contribution in [2.24, 2.45) is 0 Å². The second-order valence-corrected chi connectivity index (χ2v) is 7.07. The van der Waals surface area contributed by atoms with E-state index in [2.05, 4.69) is 9.88 Å². The van der Waals surface area contributed by atoms with E-state index in [1.807, 2.05) is 54.7 Å². The van der Waals surface area contributed by atoms with Crippen LogP contribution in [0.4, 0.5) is 0 Å². The van der Waals surface area contributed by atoms with E-state index in [-0.39, 0.29) is 5.91 Å². The third kappa shape index (κ3) is 4.13. The second kappa shape index (κ2) is 7.77. The summed E-state index contributed by atoms with van der Waals surface area (Å²) in [5.41, 5.74) is 2.91. The van der Waals surface area contributed by atoms with E-state index in [1.165, 1.54) is 4.88 Å². The molecule has 1 atom stereocenters. The SMILES string of the molecule is Cc1ccccc1O[C@@H](C)C(=O)N1CCN(Cc2cncs2)CC1. The Hall–Kier alpha value is -1.92. The standard InChI is InChI=1S/C18H23N3O2S/c1-14-5-3-4-6-17(14)23-15(2)18(22)21-9-7-20(8-10-21)12-16-11-19-13-24-16/h3-6,11,13,15H,7-10,12H2,1-2H3/t15-/m0/s1. The number of hydrogen-bond donors (Lipinski definition) is 0. The molecule has 1 amide bonds. The number of rotatable bonds is 5. The molecule has 0 unspecified atom stereocenters. The lowest BCUT2D eigenvalue weighted by molar-refractivity contribution is -0.139. The van der Waals surface area contributed by atoms with Crippen LogP contribution in [-0.4, -0.2) is 53.0 Å². The van der Waals surface area contributed by atoms with Crippen molar-refractivity contribution in [3.8, 4) is 5.75 Å². The summed E-state index contributed by atoms with van der Waals surface area (Å²) < 4.78 is 5.86. The van der Waals surface area contributed by atoms with Gasteiger partial charge in [0.15, 0.2) is 6.10 Å². The monoisotopic (exact) mass is 345 g/mol. The maximum Gasteiger partial charge on any atom is 0.263 e. The van der Waals surface area contributed by atoms with Crippen molar-refractivity contribution in [2.75, 3.05) is 26.2 Å². The summed E-state index contributed by atoms with van der Waals surface area (Å²) in [5.74, 6) is 0.845. The molecule has 0 N–H and O–H groups in total. The summed E-state index contributed by atoms with van der Waals surface area (Å²) in [5, 5.41) is 0. The highest BCUT2D eigenvalue weighted by atomic mass is 32.1. The van der Waals surface area contributed by atoms with Crippen molar-refractivity contribution >= 4 is 17.2 Å². The molecule has 1 fully saturated rings. The van der Waals surface area contributed by atoms with Crippen LogP contribution >= 0.6 is 11.3 Å². The molecule has 1 aliphatic rings. The Kier molecular flexibility index (Phi) is 5.48. The highest BCUT2D eigenvalue weighted by Crippen LogP contribution is 2.19. The fourth-order valence-corrected chi connectivity index (χ4v) is 3.49. The van der Waals surface area contributed by atoms with Gasteiger partial charge in [-0.1, -0.05) is 18.2 Å². The topological polar surface area (TPSA) is 45.7 Å². The van der Waals surface area contributed by atoms with Crippen molar-refractivity contribution < 1.29 is 9.53 Å². The number of para-hydroxylation sites is 1. The Morgan fingerprint density at radius 2 is 2.04 bits per heavy atom. The Morgan fingerprint density at radius 1 is 1.29 bits per heavy atom. The van der Waals surface area contributed by atoms with E-state index in [1.54, 1.807) is 11.3 Å². The van der Waals surface area contributed by atoms with Crippen LogP contribution in [0.5, 0.6) is 5.75 Å². The molecule has 0 aliphatic carbocycles. The fourth-order valence-electron chi connectivity index (χ4n) is 2.85. The summed E-state index contributed by atoms with van der Waals surface area (Å²) in [6.07, 6.45) is 1.46. The van der Waals surface area contributed by atoms with Gasteiger partial charge in [-0.2, -0.15) is 0 Å². The van der Waals surface area contributed by atoms with Gasteiger partial charge in [-0.15, -0.1) is 11.3 Å². The molecule has 0 radical (unpaired) electrons. The third-order valence-corrected chi connectivity index (χ3v) is 5.06. The molecule has 6 heteroatoms. The maximum absolute atomic E-state index is 12.6. The van der Waals surface area contributed by atoms with E-state index in [0.717, 1.165) is 44.0 Å². The van der Waals surface area contributed by atoms with Gasteiger partial charge in [-0.25, -0.2) is 0 Å². The van der Waals surface area contributed by atoms with Gasteiger partial charge in [0.1, 0.15) is 5.75 Å². The number of ether oxygens (including phenoxy) is 1. The molecule has 1 aromatic heterocycles. The molecule has 2 aromatic rings. The normalized spacial score (nSPS) is 16.8. The van der Waals surface area contributed by atoms with Gasteiger partial charge >= 0.3 is 0 Å². The van der Waals surface area contributed by atoms with E-state index in [9.17, 15) is 4.79 Å². The highest BCUT2D eigenvalue weighted by Gasteiger charge is 2.26. The van der Waals surface area contributed by atoms with E-state index < -0.39 is 6.10 Å². The predicted molar refractivity (Wildman–Crippen MR) is 95.2 cm³/mol. The number of aromatic nitrogens is 1. The van der Waals surface area contributed by atoms with Crippen molar-refractivity contribution in [1.82, 2.24) is 14.8 Å². The second-order valence-electron chi connectivity index (χ2n) is 6.09. The molecule has 1 saturated heterocycles. The number of carbonyl (C=O) groups is 1. The smallest absolute Gasteiger partial charge is 0.263 e. The van der Waals surface area contributed by atoms with E-state index in [0.29, 0.717) is 0 Å². The molecule has 0 saturated carbocycles.